The Bertz CT molecular complexity index is 501. The average molecular weight is 301 g/mol. The van der Waals surface area contributed by atoms with Gasteiger partial charge in [-0.3, -0.25) is 0 Å². The van der Waals surface area contributed by atoms with Crippen LogP contribution < -0.4 is 10.0 Å². The molecule has 0 aliphatic rings. The molecule has 8 heteroatoms. The number of anilines is 1. The summed E-state index contributed by atoms with van der Waals surface area (Å²) < 4.78 is 26.9. The Labute approximate surface area is 120 Å². The van der Waals surface area contributed by atoms with Crippen molar-refractivity contribution < 1.29 is 8.42 Å². The quantitative estimate of drug-likeness (QED) is 0.728. The van der Waals surface area contributed by atoms with E-state index in [1.165, 1.54) is 12.4 Å². The first kappa shape index (κ1) is 16.8. The molecule has 1 heterocycles. The SMILES string of the molecule is CCNc1ncc(S(=O)(=O)NC(C)CCN(C)C)cn1. The van der Waals surface area contributed by atoms with Gasteiger partial charge in [0.25, 0.3) is 0 Å². The van der Waals surface area contributed by atoms with Gasteiger partial charge in [-0.05, 0) is 40.9 Å². The molecule has 1 atom stereocenters. The first-order valence-corrected chi connectivity index (χ1v) is 8.06. The first-order chi connectivity index (χ1) is 9.35. The third kappa shape index (κ3) is 5.40. The fourth-order valence-electron chi connectivity index (χ4n) is 1.55. The highest BCUT2D eigenvalue weighted by Gasteiger charge is 2.18. The predicted octanol–water partition coefficient (Wildman–Crippen LogP) is 0.527. The van der Waals surface area contributed by atoms with Gasteiger partial charge in [0.1, 0.15) is 4.90 Å². The molecule has 7 nitrogen and oxygen atoms in total. The van der Waals surface area contributed by atoms with Crippen molar-refractivity contribution in [2.24, 2.45) is 0 Å². The van der Waals surface area contributed by atoms with E-state index in [4.69, 9.17) is 0 Å². The van der Waals surface area contributed by atoms with E-state index in [0.717, 1.165) is 13.0 Å². The zero-order valence-electron chi connectivity index (χ0n) is 12.4. The Morgan fingerprint density at radius 1 is 1.30 bits per heavy atom. The third-order valence-electron chi connectivity index (χ3n) is 2.64. The molecule has 0 aliphatic heterocycles. The lowest BCUT2D eigenvalue weighted by atomic mass is 10.2. The number of sulfonamides is 1. The van der Waals surface area contributed by atoms with E-state index in [9.17, 15) is 8.42 Å². The molecule has 2 N–H and O–H groups in total. The number of rotatable bonds is 8. The molecule has 0 saturated carbocycles. The van der Waals surface area contributed by atoms with Crippen LogP contribution in [0.25, 0.3) is 0 Å². The lowest BCUT2D eigenvalue weighted by Gasteiger charge is -2.16. The maximum absolute atomic E-state index is 12.1. The van der Waals surface area contributed by atoms with Crippen molar-refractivity contribution in [2.75, 3.05) is 32.5 Å². The van der Waals surface area contributed by atoms with E-state index in [1.54, 1.807) is 0 Å². The van der Waals surface area contributed by atoms with Gasteiger partial charge in [0.05, 0.1) is 12.4 Å². The molecule has 1 rings (SSSR count). The summed E-state index contributed by atoms with van der Waals surface area (Å²) in [7, 11) is 0.345. The van der Waals surface area contributed by atoms with Crippen molar-refractivity contribution >= 4 is 16.0 Å². The summed E-state index contributed by atoms with van der Waals surface area (Å²) in [6.45, 7) is 5.27. The van der Waals surface area contributed by atoms with Gasteiger partial charge in [0, 0.05) is 12.6 Å². The van der Waals surface area contributed by atoms with Gasteiger partial charge >= 0.3 is 0 Å². The highest BCUT2D eigenvalue weighted by Crippen LogP contribution is 2.09. The second-order valence-electron chi connectivity index (χ2n) is 4.89. The summed E-state index contributed by atoms with van der Waals surface area (Å²) in [6.07, 6.45) is 3.36. The molecule has 114 valence electrons. The minimum atomic E-state index is -3.56. The van der Waals surface area contributed by atoms with Gasteiger partial charge in [-0.15, -0.1) is 0 Å². The van der Waals surface area contributed by atoms with Crippen LogP contribution in [0, 0.1) is 0 Å². The molecule has 1 unspecified atom stereocenters. The molecule has 1 aromatic heterocycles. The van der Waals surface area contributed by atoms with Gasteiger partial charge in [-0.2, -0.15) is 0 Å². The van der Waals surface area contributed by atoms with Crippen molar-refractivity contribution in [3.05, 3.63) is 12.4 Å². The van der Waals surface area contributed by atoms with Crippen LogP contribution in [0.3, 0.4) is 0 Å². The van der Waals surface area contributed by atoms with Crippen LogP contribution in [0.5, 0.6) is 0 Å². The summed E-state index contributed by atoms with van der Waals surface area (Å²) >= 11 is 0. The lowest BCUT2D eigenvalue weighted by Crippen LogP contribution is -2.34. The predicted molar refractivity (Wildman–Crippen MR) is 79.2 cm³/mol. The molecule has 0 amide bonds. The molecule has 20 heavy (non-hydrogen) atoms. The molecule has 0 fully saturated rings. The van der Waals surface area contributed by atoms with Crippen LogP contribution >= 0.6 is 0 Å². The van der Waals surface area contributed by atoms with E-state index in [2.05, 4.69) is 20.0 Å². The third-order valence-corrected chi connectivity index (χ3v) is 4.18. The van der Waals surface area contributed by atoms with Crippen molar-refractivity contribution in [1.82, 2.24) is 19.6 Å². The summed E-state index contributed by atoms with van der Waals surface area (Å²) in [6, 6.07) is -0.143. The molecule has 0 aromatic carbocycles. The van der Waals surface area contributed by atoms with E-state index < -0.39 is 10.0 Å². The van der Waals surface area contributed by atoms with E-state index in [0.29, 0.717) is 12.5 Å². The molecule has 1 aromatic rings. The Morgan fingerprint density at radius 3 is 2.40 bits per heavy atom. The van der Waals surface area contributed by atoms with Crippen LogP contribution in [0.4, 0.5) is 5.95 Å². The van der Waals surface area contributed by atoms with Crippen LogP contribution in [0.15, 0.2) is 17.3 Å². The monoisotopic (exact) mass is 301 g/mol. The summed E-state index contributed by atoms with van der Waals surface area (Å²) in [5.41, 5.74) is 0. The Balaban J connectivity index is 2.68. The zero-order chi connectivity index (χ0) is 15.2. The molecular weight excluding hydrogens is 278 g/mol. The second kappa shape index (κ2) is 7.51. The highest BCUT2D eigenvalue weighted by molar-refractivity contribution is 7.89. The van der Waals surface area contributed by atoms with Gasteiger partial charge < -0.3 is 10.2 Å². The number of aromatic nitrogens is 2. The summed E-state index contributed by atoms with van der Waals surface area (Å²) in [5, 5.41) is 2.92. The van der Waals surface area contributed by atoms with Gasteiger partial charge in [0.2, 0.25) is 16.0 Å². The van der Waals surface area contributed by atoms with Gasteiger partial charge in [0.15, 0.2) is 0 Å². The molecule has 0 saturated heterocycles. The number of hydrogen-bond acceptors (Lipinski definition) is 6. The van der Waals surface area contributed by atoms with E-state index >= 15 is 0 Å². The zero-order valence-corrected chi connectivity index (χ0v) is 13.2. The van der Waals surface area contributed by atoms with E-state index in [-0.39, 0.29) is 10.9 Å². The van der Waals surface area contributed by atoms with Crippen molar-refractivity contribution in [3.8, 4) is 0 Å². The maximum Gasteiger partial charge on any atom is 0.243 e. The van der Waals surface area contributed by atoms with E-state index in [1.807, 2.05) is 32.8 Å². The van der Waals surface area contributed by atoms with Crippen LogP contribution in [-0.4, -0.2) is 56.5 Å². The summed E-state index contributed by atoms with van der Waals surface area (Å²) in [4.78, 5) is 10.0. The minimum absolute atomic E-state index is 0.0795. The van der Waals surface area contributed by atoms with Crippen molar-refractivity contribution in [3.63, 3.8) is 0 Å². The lowest BCUT2D eigenvalue weighted by molar-refractivity contribution is 0.379. The molecule has 0 radical (unpaired) electrons. The van der Waals surface area contributed by atoms with Gasteiger partial charge in [-0.25, -0.2) is 23.1 Å². The van der Waals surface area contributed by atoms with Crippen molar-refractivity contribution in [2.45, 2.75) is 31.2 Å². The van der Waals surface area contributed by atoms with Gasteiger partial charge in [-0.1, -0.05) is 0 Å². The average Bonchev–Trinajstić information content (AvgIpc) is 2.37. The van der Waals surface area contributed by atoms with Crippen LogP contribution in [0.1, 0.15) is 20.3 Å². The maximum atomic E-state index is 12.1. The Morgan fingerprint density at radius 2 is 1.90 bits per heavy atom. The Hall–Kier alpha value is -1.25. The number of nitrogens with one attached hydrogen (secondary N) is 2. The molecule has 0 bridgehead atoms. The van der Waals surface area contributed by atoms with Crippen LogP contribution in [0.2, 0.25) is 0 Å². The number of hydrogen-bond donors (Lipinski definition) is 2. The Kier molecular flexibility index (Phi) is 6.31. The standard InChI is InChI=1S/C12H23N5O2S/c1-5-13-12-14-8-11(9-15-12)20(18,19)16-10(2)6-7-17(3)4/h8-10,16H,5-7H2,1-4H3,(H,13,14,15). The minimum Gasteiger partial charge on any atom is -0.355 e. The first-order valence-electron chi connectivity index (χ1n) is 6.58. The van der Waals surface area contributed by atoms with Crippen LogP contribution in [-0.2, 0) is 10.0 Å². The van der Waals surface area contributed by atoms with Crippen molar-refractivity contribution in [1.29, 1.82) is 0 Å². The number of nitrogens with zero attached hydrogens (tertiary/aromatic N) is 3. The highest BCUT2D eigenvalue weighted by atomic mass is 32.2. The fourth-order valence-corrected chi connectivity index (χ4v) is 2.71. The molecule has 0 spiro atoms. The summed E-state index contributed by atoms with van der Waals surface area (Å²) in [5.74, 6) is 0.423. The topological polar surface area (TPSA) is 87.2 Å². The smallest absolute Gasteiger partial charge is 0.243 e. The fraction of sp³-hybridized carbons (Fsp3) is 0.667. The second-order valence-corrected chi connectivity index (χ2v) is 6.60. The molecule has 0 aliphatic carbocycles. The molecular formula is C12H23N5O2S. The normalized spacial score (nSPS) is 13.4. The largest absolute Gasteiger partial charge is 0.355 e.